The van der Waals surface area contributed by atoms with Gasteiger partial charge in [-0.25, -0.2) is 22.8 Å². The molecule has 0 aliphatic rings. The van der Waals surface area contributed by atoms with Crippen molar-refractivity contribution in [2.75, 3.05) is 0 Å². The topological polar surface area (TPSA) is 23.3 Å². The van der Waals surface area contributed by atoms with Crippen LogP contribution in [-0.4, -0.2) is 0 Å². The molecule has 0 aliphatic heterocycles. The molecule has 0 amide bonds. The first kappa shape index (κ1) is 75.2. The van der Waals surface area contributed by atoms with Crippen LogP contribution in [0.1, 0.15) is 70.9 Å². The molecule has 6 heteroatoms. The van der Waals surface area contributed by atoms with Gasteiger partial charge in [0.25, 0.3) is 0 Å². The lowest BCUT2D eigenvalue weighted by Gasteiger charge is -2.10. The van der Waals surface area contributed by atoms with Crippen molar-refractivity contribution < 1.29 is 31.5 Å². The van der Waals surface area contributed by atoms with Gasteiger partial charge in [0.2, 0.25) is 39.7 Å². The number of hydrogen-bond donors (Lipinski definition) is 0. The second kappa shape index (κ2) is 35.2. The minimum atomic E-state index is -2.06. The summed E-state index contributed by atoms with van der Waals surface area (Å²) in [7, 11) is 12.6. The van der Waals surface area contributed by atoms with Gasteiger partial charge in [-0.1, -0.05) is 198 Å². The smallest absolute Gasteiger partial charge is 0.200 e. The third kappa shape index (κ3) is 18.0. The zero-order chi connectivity index (χ0) is 82.9. The highest BCUT2D eigenvalue weighted by molar-refractivity contribution is 5.89. The summed E-state index contributed by atoms with van der Waals surface area (Å²) in [5, 5.41) is 13.9. The highest BCUT2D eigenvalue weighted by atomic mass is 15.0. The van der Waals surface area contributed by atoms with E-state index in [0.717, 1.165) is 16.8 Å². The molecule has 0 spiro atoms. The Balaban J connectivity index is 0.000000122. The fourth-order valence-corrected chi connectivity index (χ4v) is 15.8. The van der Waals surface area contributed by atoms with Crippen LogP contribution in [0.4, 0.5) is 0 Å². The lowest BCUT2D eigenvalue weighted by molar-refractivity contribution is -0.659. The van der Waals surface area contributed by atoms with E-state index in [1.54, 1.807) is 12.1 Å². The molecule has 564 valence electrons. The molecule has 114 heavy (non-hydrogen) atoms. The maximum atomic E-state index is 7.52. The number of pyridine rings is 6. The van der Waals surface area contributed by atoms with Gasteiger partial charge in [-0.2, -0.15) is 4.57 Å². The van der Waals surface area contributed by atoms with Crippen LogP contribution in [0.3, 0.4) is 0 Å². The molecule has 0 aliphatic carbocycles. The highest BCUT2D eigenvalue weighted by Crippen LogP contribution is 2.32. The Morgan fingerprint density at radius 3 is 0.807 bits per heavy atom. The van der Waals surface area contributed by atoms with Gasteiger partial charge in [-0.15, -0.1) is 0 Å². The maximum Gasteiger partial charge on any atom is 0.213 e. The van der Waals surface area contributed by atoms with Crippen molar-refractivity contribution in [2.45, 2.75) is 83.0 Å². The molecular formula is C108H108N6+6. The highest BCUT2D eigenvalue weighted by Gasteiger charge is 2.21. The Hall–Kier alpha value is -12.9. The minimum absolute atomic E-state index is 0.386. The second-order valence-corrected chi connectivity index (χ2v) is 30.8. The van der Waals surface area contributed by atoms with Crippen LogP contribution in [0, 0.1) is 83.0 Å². The maximum absolute atomic E-state index is 7.52. The molecule has 0 fully saturated rings. The summed E-state index contributed by atoms with van der Waals surface area (Å²) < 4.78 is 35.8. The number of fused-ring (bicyclic) bond motifs is 6. The fraction of sp³-hybridized carbons (Fsp3) is 0.167. The summed E-state index contributed by atoms with van der Waals surface area (Å²) in [6.45, 7) is 21.6. The SMILES string of the molecule is Cc1cc(C)c(C)c(-c2cc3ccccc3c[n+]2C)c1.Cc1cc(C)c(C)c(-c2cc3ccccc3c[n+]2C)c1.Cc1ccc(-c2cc3ccccc3c[n+]2C)c(C)c1.Cc1ccccc1-c1cc2ccccc2c[n+]1C.Cc1ccccc1-c1ccc2ccccc2[n+]1C.[2H]C([2H])([2H])c1ccc(-c2cc3ccccc3c[n+]2C)c(C)c1. The van der Waals surface area contributed by atoms with Crippen LogP contribution in [0.2, 0.25) is 0 Å². The van der Waals surface area contributed by atoms with E-state index in [0.29, 0.717) is 5.56 Å². The third-order valence-corrected chi connectivity index (χ3v) is 22.3. The molecule has 0 radical (unpaired) electrons. The van der Waals surface area contributed by atoms with Crippen molar-refractivity contribution in [3.05, 3.63) is 395 Å². The van der Waals surface area contributed by atoms with E-state index in [-0.39, 0.29) is 0 Å². The van der Waals surface area contributed by atoms with Crippen LogP contribution in [0.5, 0.6) is 0 Å². The van der Waals surface area contributed by atoms with Crippen molar-refractivity contribution in [1.82, 2.24) is 0 Å². The zero-order valence-corrected chi connectivity index (χ0v) is 69.4. The van der Waals surface area contributed by atoms with Gasteiger partial charge in [0.15, 0.2) is 31.0 Å². The van der Waals surface area contributed by atoms with Crippen LogP contribution in [0.15, 0.2) is 328 Å². The Kier molecular flexibility index (Phi) is 23.2. The lowest BCUT2D eigenvalue weighted by Crippen LogP contribution is -2.32. The molecule has 0 atom stereocenters. The van der Waals surface area contributed by atoms with E-state index < -0.39 is 6.85 Å². The molecule has 18 rings (SSSR count). The first-order chi connectivity index (χ1) is 56.1. The van der Waals surface area contributed by atoms with Gasteiger partial charge >= 0.3 is 0 Å². The Morgan fingerprint density at radius 1 is 0.193 bits per heavy atom. The van der Waals surface area contributed by atoms with Gasteiger partial charge < -0.3 is 0 Å². The van der Waals surface area contributed by atoms with Crippen LogP contribution in [0.25, 0.3) is 132 Å². The van der Waals surface area contributed by atoms with E-state index in [1.807, 2.05) is 32.2 Å². The summed E-state index contributed by atoms with van der Waals surface area (Å²) in [6.07, 6.45) is 10.9. The van der Waals surface area contributed by atoms with Crippen molar-refractivity contribution in [1.29, 1.82) is 0 Å². The summed E-state index contributed by atoms with van der Waals surface area (Å²) in [6, 6.07) is 104. The number of aryl methyl sites for hydroxylation is 16. The Labute approximate surface area is 680 Å². The average molecular weight is 1490 g/mol. The van der Waals surface area contributed by atoms with Gasteiger partial charge in [0.1, 0.15) is 42.3 Å². The summed E-state index contributed by atoms with van der Waals surface area (Å²) >= 11 is 0. The monoisotopic (exact) mass is 1490 g/mol. The second-order valence-electron chi connectivity index (χ2n) is 30.8. The molecule has 6 heterocycles. The number of hydrogen-bond acceptors (Lipinski definition) is 0. The minimum Gasteiger partial charge on any atom is -0.200 e. The number of nitrogens with zero attached hydrogens (tertiary/aromatic N) is 6. The number of aromatic nitrogens is 6. The van der Waals surface area contributed by atoms with Crippen molar-refractivity contribution in [3.8, 4) is 67.5 Å². The fourth-order valence-electron chi connectivity index (χ4n) is 15.8. The predicted molar refractivity (Wildman–Crippen MR) is 480 cm³/mol. The molecule has 12 aromatic carbocycles. The quantitative estimate of drug-likeness (QED) is 0.148. The van der Waals surface area contributed by atoms with E-state index in [1.165, 1.54) is 177 Å². The van der Waals surface area contributed by atoms with Gasteiger partial charge in [0.05, 0.1) is 0 Å². The molecule has 0 unspecified atom stereocenters. The van der Waals surface area contributed by atoms with E-state index >= 15 is 0 Å². The molecular weight excluding hydrogens is 1380 g/mol. The van der Waals surface area contributed by atoms with Crippen LogP contribution in [-0.2, 0) is 42.3 Å². The van der Waals surface area contributed by atoms with Crippen LogP contribution < -0.4 is 27.4 Å². The first-order valence-electron chi connectivity index (χ1n) is 40.9. The molecule has 0 saturated heterocycles. The van der Waals surface area contributed by atoms with Gasteiger partial charge in [-0.05, 0) is 233 Å². The van der Waals surface area contributed by atoms with E-state index in [4.69, 9.17) is 4.11 Å². The standard InChI is InChI=1S/2C19H20N.2C18H18N.2C17H16N/c2*1-13-9-14(2)15(3)18(10-13)19-11-16-7-5-6-8-17(16)12-20(19)4;2*1-13-8-9-17(14(2)10-13)18-11-15-6-4-5-7-16(15)12-19(18)3;1-13-7-3-6-10-16(13)17-11-14-8-4-5-9-15(14)12-18(17)2;1-13-7-3-5-9-15(13)17-12-11-14-8-4-6-10-16(14)18(17)2/h2*5-12H,1-4H3;2*4-12H,1-3H3;2*3-12H,1-2H3/q6*+1/i;;1D3;;;. The molecule has 0 saturated carbocycles. The summed E-state index contributed by atoms with van der Waals surface area (Å²) in [4.78, 5) is 0. The van der Waals surface area contributed by atoms with Crippen molar-refractivity contribution >= 4 is 64.8 Å². The third-order valence-electron chi connectivity index (χ3n) is 22.3. The number of rotatable bonds is 6. The molecule has 6 aromatic heterocycles. The van der Waals surface area contributed by atoms with Gasteiger partial charge in [0, 0.05) is 112 Å². The molecule has 0 bridgehead atoms. The van der Waals surface area contributed by atoms with Crippen LogP contribution >= 0.6 is 0 Å². The summed E-state index contributed by atoms with van der Waals surface area (Å²) in [5.74, 6) is 0. The normalized spacial score (nSPS) is 11.4. The summed E-state index contributed by atoms with van der Waals surface area (Å²) in [5.41, 5.74) is 30.9. The molecule has 18 aromatic rings. The largest absolute Gasteiger partial charge is 0.213 e. The molecule has 6 nitrogen and oxygen atoms in total. The molecule has 0 N–H and O–H groups in total. The zero-order valence-electron chi connectivity index (χ0n) is 72.4. The first-order valence-corrected chi connectivity index (χ1v) is 39.4. The lowest BCUT2D eigenvalue weighted by atomic mass is 9.96. The van der Waals surface area contributed by atoms with Crippen molar-refractivity contribution in [2.24, 2.45) is 42.3 Å². The number of benzene rings is 12. The average Bonchev–Trinajstić information content (AvgIpc) is 0.814. The van der Waals surface area contributed by atoms with E-state index in [9.17, 15) is 0 Å². The van der Waals surface area contributed by atoms with Crippen molar-refractivity contribution in [3.63, 3.8) is 0 Å². The van der Waals surface area contributed by atoms with Gasteiger partial charge in [-0.3, -0.25) is 0 Å². The predicted octanol–water partition coefficient (Wildman–Crippen LogP) is 23.7. The Bertz CT molecular complexity index is 6540. The van der Waals surface area contributed by atoms with E-state index in [2.05, 4.69) is 430 Å². The number of para-hydroxylation sites is 1. The Morgan fingerprint density at radius 2 is 0.465 bits per heavy atom.